The topological polar surface area (TPSA) is 56.7 Å². The van der Waals surface area contributed by atoms with E-state index in [2.05, 4.69) is 35.3 Å². The van der Waals surface area contributed by atoms with E-state index < -0.39 is 0 Å². The van der Waals surface area contributed by atoms with Crippen molar-refractivity contribution < 1.29 is 0 Å². The molecule has 0 fully saturated rings. The van der Waals surface area contributed by atoms with Gasteiger partial charge in [-0.05, 0) is 26.8 Å². The fraction of sp³-hybridized carbons (Fsp3) is 0.538. The van der Waals surface area contributed by atoms with Gasteiger partial charge in [0.1, 0.15) is 11.3 Å². The molecule has 92 valence electrons. The molecular formula is C13H20N4. The van der Waals surface area contributed by atoms with Crippen LogP contribution in [-0.2, 0) is 0 Å². The minimum Gasteiger partial charge on any atom is -0.327 e. The highest BCUT2D eigenvalue weighted by Gasteiger charge is 2.20. The van der Waals surface area contributed by atoms with Gasteiger partial charge < -0.3 is 10.3 Å². The molecule has 0 radical (unpaired) electrons. The van der Waals surface area contributed by atoms with Crippen LogP contribution in [0.5, 0.6) is 0 Å². The highest BCUT2D eigenvalue weighted by atomic mass is 15.1. The second-order valence-electron chi connectivity index (χ2n) is 4.95. The summed E-state index contributed by atoms with van der Waals surface area (Å²) in [7, 11) is 0. The first-order chi connectivity index (χ1) is 8.02. The summed E-state index contributed by atoms with van der Waals surface area (Å²) in [6.45, 7) is 8.48. The molecule has 17 heavy (non-hydrogen) atoms. The molecule has 4 nitrogen and oxygen atoms in total. The normalized spacial score (nSPS) is 15.4. The Balaban J connectivity index is 2.66. The molecular weight excluding hydrogens is 212 g/mol. The van der Waals surface area contributed by atoms with E-state index in [9.17, 15) is 0 Å². The second kappa shape index (κ2) is 4.45. The van der Waals surface area contributed by atoms with Crippen LogP contribution in [0.1, 0.15) is 45.5 Å². The van der Waals surface area contributed by atoms with Gasteiger partial charge in [-0.1, -0.05) is 6.92 Å². The lowest BCUT2D eigenvalue weighted by molar-refractivity contribution is 0.511. The third kappa shape index (κ3) is 2.05. The van der Waals surface area contributed by atoms with Gasteiger partial charge in [0.15, 0.2) is 0 Å². The third-order valence-corrected chi connectivity index (χ3v) is 3.23. The van der Waals surface area contributed by atoms with E-state index in [4.69, 9.17) is 5.73 Å². The molecule has 0 bridgehead atoms. The van der Waals surface area contributed by atoms with Crippen LogP contribution in [0, 0.1) is 0 Å². The fourth-order valence-electron chi connectivity index (χ4n) is 2.07. The predicted octanol–water partition coefficient (Wildman–Crippen LogP) is 2.46. The van der Waals surface area contributed by atoms with Gasteiger partial charge in [-0.25, -0.2) is 4.98 Å². The van der Waals surface area contributed by atoms with Crippen LogP contribution in [0.15, 0.2) is 18.5 Å². The Hall–Kier alpha value is -1.42. The zero-order valence-corrected chi connectivity index (χ0v) is 10.9. The summed E-state index contributed by atoms with van der Waals surface area (Å²) < 4.78 is 2.26. The number of hydrogen-bond acceptors (Lipinski definition) is 3. The number of imidazole rings is 1. The maximum Gasteiger partial charge on any atom is 0.114 e. The Morgan fingerprint density at radius 2 is 1.94 bits per heavy atom. The highest BCUT2D eigenvalue weighted by molar-refractivity contribution is 5.75. The van der Waals surface area contributed by atoms with Crippen LogP contribution < -0.4 is 5.73 Å². The van der Waals surface area contributed by atoms with Gasteiger partial charge in [0, 0.05) is 24.2 Å². The molecule has 0 aliphatic rings. The van der Waals surface area contributed by atoms with Crippen LogP contribution in [-0.4, -0.2) is 20.6 Å². The van der Waals surface area contributed by atoms with E-state index in [1.54, 1.807) is 0 Å². The zero-order chi connectivity index (χ0) is 12.6. The van der Waals surface area contributed by atoms with Crippen molar-refractivity contribution >= 4 is 11.0 Å². The fourth-order valence-corrected chi connectivity index (χ4v) is 2.07. The lowest BCUT2D eigenvalue weighted by atomic mass is 10.0. The molecule has 0 aliphatic heterocycles. The number of aromatic nitrogens is 3. The second-order valence-corrected chi connectivity index (χ2v) is 4.95. The largest absolute Gasteiger partial charge is 0.327 e. The average Bonchev–Trinajstić information content (AvgIpc) is 2.66. The SMILES string of the molecule is CC(N)C(C)c1nc2cnccc2n1C(C)C. The number of fused-ring (bicyclic) bond motifs is 1. The van der Waals surface area contributed by atoms with Crippen LogP contribution in [0.4, 0.5) is 0 Å². The smallest absolute Gasteiger partial charge is 0.114 e. The molecule has 4 heteroatoms. The summed E-state index contributed by atoms with van der Waals surface area (Å²) in [5, 5.41) is 0. The maximum atomic E-state index is 5.99. The molecule has 2 aromatic heterocycles. The number of nitrogens with two attached hydrogens (primary N) is 1. The number of hydrogen-bond donors (Lipinski definition) is 1. The first-order valence-electron chi connectivity index (χ1n) is 6.09. The molecule has 0 aromatic carbocycles. The monoisotopic (exact) mass is 232 g/mol. The summed E-state index contributed by atoms with van der Waals surface area (Å²) in [5.41, 5.74) is 8.07. The van der Waals surface area contributed by atoms with Crippen LogP contribution >= 0.6 is 0 Å². The van der Waals surface area contributed by atoms with E-state index in [1.807, 2.05) is 25.4 Å². The Morgan fingerprint density at radius 3 is 2.53 bits per heavy atom. The lowest BCUT2D eigenvalue weighted by Crippen LogP contribution is -2.25. The summed E-state index contributed by atoms with van der Waals surface area (Å²) in [4.78, 5) is 8.80. The first-order valence-corrected chi connectivity index (χ1v) is 6.09. The standard InChI is InChI=1S/C13H20N4/c1-8(2)17-12-5-6-15-7-11(12)16-13(17)9(3)10(4)14/h5-10H,14H2,1-4H3. The Labute approximate surface area is 102 Å². The van der Waals surface area contributed by atoms with E-state index in [0.717, 1.165) is 16.9 Å². The van der Waals surface area contributed by atoms with Crippen LogP contribution in [0.25, 0.3) is 11.0 Å². The molecule has 2 N–H and O–H groups in total. The van der Waals surface area contributed by atoms with E-state index in [1.165, 1.54) is 0 Å². The van der Waals surface area contributed by atoms with Gasteiger partial charge in [0.2, 0.25) is 0 Å². The van der Waals surface area contributed by atoms with E-state index in [-0.39, 0.29) is 12.0 Å². The molecule has 0 spiro atoms. The van der Waals surface area contributed by atoms with Crippen molar-refractivity contribution in [2.24, 2.45) is 5.73 Å². The van der Waals surface area contributed by atoms with Crippen molar-refractivity contribution in [2.75, 3.05) is 0 Å². The van der Waals surface area contributed by atoms with Gasteiger partial charge in [0.05, 0.1) is 11.7 Å². The number of pyridine rings is 1. The van der Waals surface area contributed by atoms with E-state index in [0.29, 0.717) is 6.04 Å². The van der Waals surface area contributed by atoms with Gasteiger partial charge >= 0.3 is 0 Å². The molecule has 0 amide bonds. The van der Waals surface area contributed by atoms with Gasteiger partial charge in [-0.3, -0.25) is 4.98 Å². The summed E-state index contributed by atoms with van der Waals surface area (Å²) in [6, 6.07) is 2.48. The van der Waals surface area contributed by atoms with Crippen LogP contribution in [0.3, 0.4) is 0 Å². The van der Waals surface area contributed by atoms with Crippen molar-refractivity contribution in [1.82, 2.24) is 14.5 Å². The Morgan fingerprint density at radius 1 is 1.24 bits per heavy atom. The van der Waals surface area contributed by atoms with Gasteiger partial charge in [-0.2, -0.15) is 0 Å². The van der Waals surface area contributed by atoms with Crippen LogP contribution in [0.2, 0.25) is 0 Å². The Bertz CT molecular complexity index is 513. The molecule has 2 rings (SSSR count). The Kier molecular flexibility index (Phi) is 3.15. The number of nitrogens with zero attached hydrogens (tertiary/aromatic N) is 3. The van der Waals surface area contributed by atoms with Crippen molar-refractivity contribution in [3.63, 3.8) is 0 Å². The van der Waals surface area contributed by atoms with E-state index >= 15 is 0 Å². The molecule has 2 unspecified atom stereocenters. The molecule has 0 aliphatic carbocycles. The van der Waals surface area contributed by atoms with Crippen molar-refractivity contribution in [3.8, 4) is 0 Å². The molecule has 2 aromatic rings. The lowest BCUT2D eigenvalue weighted by Gasteiger charge is -2.19. The quantitative estimate of drug-likeness (QED) is 0.884. The zero-order valence-electron chi connectivity index (χ0n) is 10.9. The van der Waals surface area contributed by atoms with Gasteiger partial charge in [0.25, 0.3) is 0 Å². The molecule has 2 heterocycles. The minimum absolute atomic E-state index is 0.0947. The summed E-state index contributed by atoms with van der Waals surface area (Å²) >= 11 is 0. The third-order valence-electron chi connectivity index (χ3n) is 3.23. The maximum absolute atomic E-state index is 5.99. The summed E-state index contributed by atoms with van der Waals surface area (Å²) in [6.07, 6.45) is 3.62. The van der Waals surface area contributed by atoms with Crippen molar-refractivity contribution in [3.05, 3.63) is 24.3 Å². The average molecular weight is 232 g/mol. The van der Waals surface area contributed by atoms with Crippen molar-refractivity contribution in [1.29, 1.82) is 0 Å². The molecule has 2 atom stereocenters. The van der Waals surface area contributed by atoms with Crippen molar-refractivity contribution in [2.45, 2.75) is 45.7 Å². The minimum atomic E-state index is 0.0947. The number of rotatable bonds is 3. The van der Waals surface area contributed by atoms with Gasteiger partial charge in [-0.15, -0.1) is 0 Å². The molecule has 0 saturated carbocycles. The highest BCUT2D eigenvalue weighted by Crippen LogP contribution is 2.26. The first kappa shape index (κ1) is 12.0. The predicted molar refractivity (Wildman–Crippen MR) is 70.0 cm³/mol. The summed E-state index contributed by atoms with van der Waals surface area (Å²) in [5.74, 6) is 1.29. The molecule has 0 saturated heterocycles.